The van der Waals surface area contributed by atoms with E-state index in [0.29, 0.717) is 17.7 Å². The topological polar surface area (TPSA) is 72.2 Å². The van der Waals surface area contributed by atoms with E-state index in [1.54, 1.807) is 36.7 Å². The lowest BCUT2D eigenvalue weighted by molar-refractivity contribution is -0.116. The number of carbonyl (C=O) groups excluding carboxylic acids is 1. The molecule has 1 N–H and O–H groups in total. The molecule has 2 rings (SSSR count). The molecule has 2 aromatic heterocycles. The Bertz CT molecular complexity index is 655. The molecule has 0 unspecified atom stereocenters. The summed E-state index contributed by atoms with van der Waals surface area (Å²) in [4.78, 5) is 27.5. The second-order valence-electron chi connectivity index (χ2n) is 4.44. The van der Waals surface area contributed by atoms with Crippen molar-refractivity contribution >= 4 is 27.5 Å². The van der Waals surface area contributed by atoms with Gasteiger partial charge in [0.25, 0.3) is 0 Å². The summed E-state index contributed by atoms with van der Waals surface area (Å²) in [7, 11) is 0. The Balaban J connectivity index is 2.06. The molecule has 0 bridgehead atoms. The van der Waals surface area contributed by atoms with E-state index in [1.807, 2.05) is 0 Å². The van der Waals surface area contributed by atoms with Crippen LogP contribution in [0, 0.1) is 0 Å². The smallest absolute Gasteiger partial charge is 0.360 e. The molecule has 1 amide bonds. The average molecular weight is 351 g/mol. The minimum Gasteiger partial charge on any atom is -0.421 e. The summed E-state index contributed by atoms with van der Waals surface area (Å²) < 4.78 is 5.20. The van der Waals surface area contributed by atoms with Crippen LogP contribution in [0.5, 0.6) is 0 Å². The molecule has 21 heavy (non-hydrogen) atoms. The van der Waals surface area contributed by atoms with Crippen LogP contribution in [0.25, 0.3) is 11.3 Å². The zero-order valence-electron chi connectivity index (χ0n) is 11.3. The molecule has 0 spiro atoms. The number of unbranched alkanes of at least 4 members (excludes halogenated alkanes) is 1. The van der Waals surface area contributed by atoms with Crippen LogP contribution in [0.3, 0.4) is 0 Å². The van der Waals surface area contributed by atoms with Gasteiger partial charge in [0.05, 0.1) is 0 Å². The number of carbonyl (C=O) groups is 1. The summed E-state index contributed by atoms with van der Waals surface area (Å²) in [6.45, 7) is 0. The minimum absolute atomic E-state index is 0.159. The normalized spacial score (nSPS) is 10.3. The van der Waals surface area contributed by atoms with E-state index in [0.717, 1.165) is 18.2 Å². The summed E-state index contributed by atoms with van der Waals surface area (Å²) in [5, 5.41) is 3.43. The molecule has 0 aliphatic heterocycles. The van der Waals surface area contributed by atoms with Gasteiger partial charge in [-0.15, -0.1) is 0 Å². The summed E-state index contributed by atoms with van der Waals surface area (Å²) >= 11 is 3.31. The van der Waals surface area contributed by atoms with Crippen molar-refractivity contribution in [2.45, 2.75) is 19.3 Å². The highest BCUT2D eigenvalue weighted by Crippen LogP contribution is 2.17. The third-order valence-electron chi connectivity index (χ3n) is 2.83. The van der Waals surface area contributed by atoms with Gasteiger partial charge in [-0.2, -0.15) is 0 Å². The van der Waals surface area contributed by atoms with E-state index in [1.165, 1.54) is 0 Å². The first kappa shape index (κ1) is 15.4. The van der Waals surface area contributed by atoms with Gasteiger partial charge in [0.2, 0.25) is 5.91 Å². The first-order valence-corrected chi connectivity index (χ1v) is 7.73. The molecule has 0 atom stereocenters. The molecule has 0 saturated heterocycles. The number of alkyl halides is 1. The van der Waals surface area contributed by atoms with Crippen molar-refractivity contribution in [3.63, 3.8) is 0 Å². The van der Waals surface area contributed by atoms with E-state index >= 15 is 0 Å². The molecular formula is C15H15BrN2O3. The number of nitrogens with one attached hydrogen (secondary N) is 1. The second-order valence-corrected chi connectivity index (χ2v) is 5.23. The quantitative estimate of drug-likeness (QED) is 0.641. The Kier molecular flexibility index (Phi) is 5.68. The fourth-order valence-corrected chi connectivity index (χ4v) is 2.16. The predicted octanol–water partition coefficient (Wildman–Crippen LogP) is 3.21. The van der Waals surface area contributed by atoms with Gasteiger partial charge in [-0.3, -0.25) is 9.78 Å². The number of hydrogen-bond donors (Lipinski definition) is 1. The Labute approximate surface area is 130 Å². The molecule has 0 saturated carbocycles. The summed E-state index contributed by atoms with van der Waals surface area (Å²) in [5.41, 5.74) is 0.307. The lowest BCUT2D eigenvalue weighted by Gasteiger charge is -2.04. The van der Waals surface area contributed by atoms with Crippen molar-refractivity contribution in [2.75, 3.05) is 10.6 Å². The Morgan fingerprint density at radius 3 is 2.81 bits per heavy atom. The van der Waals surface area contributed by atoms with Crippen molar-refractivity contribution in [1.82, 2.24) is 4.98 Å². The number of nitrogens with zero attached hydrogens (tertiary/aromatic N) is 1. The van der Waals surface area contributed by atoms with E-state index in [2.05, 4.69) is 26.2 Å². The lowest BCUT2D eigenvalue weighted by atomic mass is 10.2. The van der Waals surface area contributed by atoms with Gasteiger partial charge >= 0.3 is 5.63 Å². The first-order valence-electron chi connectivity index (χ1n) is 6.61. The molecule has 0 aliphatic rings. The van der Waals surface area contributed by atoms with Crippen LogP contribution >= 0.6 is 15.9 Å². The van der Waals surface area contributed by atoms with E-state index in [9.17, 15) is 9.59 Å². The average Bonchev–Trinajstić information content (AvgIpc) is 2.50. The molecule has 0 radical (unpaired) electrons. The maximum Gasteiger partial charge on any atom is 0.360 e. The van der Waals surface area contributed by atoms with Crippen molar-refractivity contribution in [3.8, 4) is 11.3 Å². The highest BCUT2D eigenvalue weighted by Gasteiger charge is 2.09. The number of halogens is 1. The van der Waals surface area contributed by atoms with Gasteiger partial charge in [0, 0.05) is 29.7 Å². The molecule has 2 heterocycles. The van der Waals surface area contributed by atoms with Gasteiger partial charge in [0.15, 0.2) is 0 Å². The number of aromatic nitrogens is 1. The van der Waals surface area contributed by atoms with Crippen LogP contribution < -0.4 is 10.9 Å². The highest BCUT2D eigenvalue weighted by molar-refractivity contribution is 9.09. The molecule has 0 aromatic carbocycles. The molecule has 2 aromatic rings. The predicted molar refractivity (Wildman–Crippen MR) is 84.5 cm³/mol. The zero-order valence-corrected chi connectivity index (χ0v) is 12.9. The van der Waals surface area contributed by atoms with Crippen LogP contribution in [-0.2, 0) is 4.79 Å². The largest absolute Gasteiger partial charge is 0.421 e. The molecule has 110 valence electrons. The minimum atomic E-state index is -0.565. The summed E-state index contributed by atoms with van der Waals surface area (Å²) in [6.07, 6.45) is 5.33. The third kappa shape index (κ3) is 4.53. The maximum atomic E-state index is 11.9. The number of anilines is 1. The maximum absolute atomic E-state index is 11.9. The fourth-order valence-electron chi connectivity index (χ4n) is 1.77. The molecule has 5 nitrogen and oxygen atoms in total. The Hall–Kier alpha value is -1.95. The molecule has 6 heteroatoms. The van der Waals surface area contributed by atoms with E-state index < -0.39 is 5.63 Å². The van der Waals surface area contributed by atoms with Crippen LogP contribution in [0.15, 0.2) is 45.9 Å². The highest BCUT2D eigenvalue weighted by atomic mass is 79.9. The third-order valence-corrected chi connectivity index (χ3v) is 3.39. The van der Waals surface area contributed by atoms with Gasteiger partial charge in [-0.05, 0) is 37.1 Å². The Morgan fingerprint density at radius 2 is 2.14 bits per heavy atom. The zero-order chi connectivity index (χ0) is 15.1. The van der Waals surface area contributed by atoms with Gasteiger partial charge in [0.1, 0.15) is 11.4 Å². The first-order chi connectivity index (χ1) is 10.2. The van der Waals surface area contributed by atoms with Crippen molar-refractivity contribution in [2.24, 2.45) is 0 Å². The van der Waals surface area contributed by atoms with Gasteiger partial charge in [-0.25, -0.2) is 4.79 Å². The van der Waals surface area contributed by atoms with Crippen molar-refractivity contribution in [1.29, 1.82) is 0 Å². The number of hydrogen-bond acceptors (Lipinski definition) is 4. The second kappa shape index (κ2) is 7.73. The molecule has 0 fully saturated rings. The number of amides is 1. The van der Waals surface area contributed by atoms with Gasteiger partial charge in [-0.1, -0.05) is 15.9 Å². The monoisotopic (exact) mass is 350 g/mol. The van der Waals surface area contributed by atoms with Crippen LogP contribution in [0.2, 0.25) is 0 Å². The fraction of sp³-hybridized carbons (Fsp3) is 0.267. The molecule has 0 aliphatic carbocycles. The van der Waals surface area contributed by atoms with Crippen LogP contribution in [-0.4, -0.2) is 16.2 Å². The van der Waals surface area contributed by atoms with E-state index in [-0.39, 0.29) is 11.6 Å². The Morgan fingerprint density at radius 1 is 1.29 bits per heavy atom. The standard InChI is InChI=1S/C15H15BrN2O3/c16-8-2-1-5-14(19)18-12-6-7-13(21-15(12)20)11-4-3-9-17-10-11/h3-4,6-7,9-10H,1-2,5,8H2,(H,18,19). The van der Waals surface area contributed by atoms with Crippen LogP contribution in [0.4, 0.5) is 5.69 Å². The lowest BCUT2D eigenvalue weighted by Crippen LogP contribution is -2.17. The van der Waals surface area contributed by atoms with Crippen molar-refractivity contribution < 1.29 is 9.21 Å². The van der Waals surface area contributed by atoms with Crippen LogP contribution in [0.1, 0.15) is 19.3 Å². The number of pyridine rings is 1. The summed E-state index contributed by atoms with van der Waals surface area (Å²) in [5.74, 6) is 0.239. The molecular weight excluding hydrogens is 336 g/mol. The van der Waals surface area contributed by atoms with E-state index in [4.69, 9.17) is 4.42 Å². The van der Waals surface area contributed by atoms with Gasteiger partial charge < -0.3 is 9.73 Å². The summed E-state index contributed by atoms with van der Waals surface area (Å²) in [6, 6.07) is 6.75. The van der Waals surface area contributed by atoms with Crippen molar-refractivity contribution in [3.05, 3.63) is 47.1 Å². The number of rotatable bonds is 6. The SMILES string of the molecule is O=C(CCCCBr)Nc1ccc(-c2cccnc2)oc1=O.